The second-order valence-corrected chi connectivity index (χ2v) is 4.16. The fraction of sp³-hybridized carbons (Fsp3) is 1.00. The fourth-order valence-corrected chi connectivity index (χ4v) is 1.60. The molecule has 0 aromatic carbocycles. The highest BCUT2D eigenvalue weighted by atomic mass is 15.0. The van der Waals surface area contributed by atoms with E-state index in [4.69, 9.17) is 7.98 Å². The maximum absolute atomic E-state index is 5.87. The van der Waals surface area contributed by atoms with Crippen LogP contribution in [0.3, 0.4) is 0 Å². The molecule has 0 heterocycles. The van der Waals surface area contributed by atoms with Crippen LogP contribution in [0, 0.1) is 0 Å². The summed E-state index contributed by atoms with van der Waals surface area (Å²) in [5.41, 5.74) is 0. The van der Waals surface area contributed by atoms with Crippen LogP contribution < -0.4 is 0 Å². The molecule has 14 heavy (non-hydrogen) atoms. The van der Waals surface area contributed by atoms with Gasteiger partial charge in [0.15, 0.2) is 7.98 Å². The van der Waals surface area contributed by atoms with Crippen molar-refractivity contribution in [3.8, 4) is 0 Å². The first-order chi connectivity index (χ1) is 6.81. The van der Waals surface area contributed by atoms with Crippen molar-refractivity contribution in [2.24, 2.45) is 0 Å². The second kappa shape index (κ2) is 11.1. The summed E-state index contributed by atoms with van der Waals surface area (Å²) in [6.07, 6.45) is 10.5. The number of unbranched alkanes of at least 4 members (excludes halogenated alkanes) is 6. The minimum Gasteiger partial charge on any atom is -0.353 e. The van der Waals surface area contributed by atoms with Crippen molar-refractivity contribution in [1.82, 2.24) is 4.81 Å². The number of hydrogen-bond acceptors (Lipinski definition) is 1. The molecule has 0 aliphatic heterocycles. The Morgan fingerprint density at radius 3 is 1.50 bits per heavy atom. The Balaban J connectivity index is 3.07. The molecule has 0 aromatic rings. The Labute approximate surface area is 91.7 Å². The smallest absolute Gasteiger partial charge is 0.182 e. The maximum atomic E-state index is 5.87. The lowest BCUT2D eigenvalue weighted by molar-refractivity contribution is 0.414. The largest absolute Gasteiger partial charge is 0.353 e. The highest BCUT2D eigenvalue weighted by Gasteiger charge is 1.97. The SMILES string of the molecule is [B]N(CCCCCC)CCCCCC. The van der Waals surface area contributed by atoms with Gasteiger partial charge in [-0.3, -0.25) is 0 Å². The fourth-order valence-electron chi connectivity index (χ4n) is 1.60. The van der Waals surface area contributed by atoms with Crippen molar-refractivity contribution >= 4 is 7.98 Å². The number of nitrogens with zero attached hydrogens (tertiary/aromatic N) is 1. The first kappa shape index (κ1) is 14.0. The van der Waals surface area contributed by atoms with E-state index in [0.29, 0.717) is 0 Å². The monoisotopic (exact) mass is 195 g/mol. The van der Waals surface area contributed by atoms with Gasteiger partial charge in [0.25, 0.3) is 0 Å². The van der Waals surface area contributed by atoms with Gasteiger partial charge in [-0.1, -0.05) is 52.4 Å². The first-order valence-electron chi connectivity index (χ1n) is 6.30. The molecule has 0 spiro atoms. The second-order valence-electron chi connectivity index (χ2n) is 4.16. The summed E-state index contributed by atoms with van der Waals surface area (Å²) in [5.74, 6) is 0. The summed E-state index contributed by atoms with van der Waals surface area (Å²) in [7, 11) is 5.87. The Bertz CT molecular complexity index is 94.5. The normalized spacial score (nSPS) is 11.1. The molecule has 0 amide bonds. The van der Waals surface area contributed by atoms with E-state index in [0.717, 1.165) is 13.1 Å². The van der Waals surface area contributed by atoms with Gasteiger partial charge in [-0.25, -0.2) is 0 Å². The average molecular weight is 195 g/mol. The van der Waals surface area contributed by atoms with E-state index in [2.05, 4.69) is 13.8 Å². The van der Waals surface area contributed by atoms with Crippen LogP contribution in [0.4, 0.5) is 0 Å². The van der Waals surface area contributed by atoms with Crippen LogP contribution in [0.5, 0.6) is 0 Å². The van der Waals surface area contributed by atoms with E-state index in [9.17, 15) is 0 Å². The molecule has 0 saturated heterocycles. The summed E-state index contributed by atoms with van der Waals surface area (Å²) in [6, 6.07) is 0. The van der Waals surface area contributed by atoms with E-state index in [1.54, 1.807) is 0 Å². The Hall–Kier alpha value is 0.0249. The molecule has 1 nitrogen and oxygen atoms in total. The number of hydrogen-bond donors (Lipinski definition) is 0. The molecule has 0 bridgehead atoms. The summed E-state index contributed by atoms with van der Waals surface area (Å²) < 4.78 is 0. The third kappa shape index (κ3) is 10.1. The Morgan fingerprint density at radius 2 is 1.14 bits per heavy atom. The van der Waals surface area contributed by atoms with Crippen molar-refractivity contribution in [1.29, 1.82) is 0 Å². The third-order valence-corrected chi connectivity index (χ3v) is 2.60. The molecule has 0 aliphatic carbocycles. The van der Waals surface area contributed by atoms with E-state index in [1.165, 1.54) is 51.4 Å². The van der Waals surface area contributed by atoms with Crippen LogP contribution in [0.1, 0.15) is 65.2 Å². The molecule has 0 aromatic heterocycles. The quantitative estimate of drug-likeness (QED) is 0.380. The zero-order valence-corrected chi connectivity index (χ0v) is 10.1. The molecule has 0 atom stereocenters. The lowest BCUT2D eigenvalue weighted by Crippen LogP contribution is -2.22. The van der Waals surface area contributed by atoms with Gasteiger partial charge >= 0.3 is 0 Å². The summed E-state index contributed by atoms with van der Waals surface area (Å²) >= 11 is 0. The molecule has 0 fully saturated rings. The van der Waals surface area contributed by atoms with E-state index in [1.807, 2.05) is 4.81 Å². The lowest BCUT2D eigenvalue weighted by Gasteiger charge is -2.16. The highest BCUT2D eigenvalue weighted by molar-refractivity contribution is 6.04. The van der Waals surface area contributed by atoms with Crippen molar-refractivity contribution in [3.63, 3.8) is 0 Å². The van der Waals surface area contributed by atoms with Crippen molar-refractivity contribution in [3.05, 3.63) is 0 Å². The van der Waals surface area contributed by atoms with Gasteiger partial charge in [0.05, 0.1) is 0 Å². The minimum absolute atomic E-state index is 1.08. The molecular formula is C12H26BN. The average Bonchev–Trinajstić information content (AvgIpc) is 2.19. The lowest BCUT2D eigenvalue weighted by atomic mass is 10.1. The van der Waals surface area contributed by atoms with Gasteiger partial charge in [-0.2, -0.15) is 0 Å². The van der Waals surface area contributed by atoms with Crippen LogP contribution in [0.15, 0.2) is 0 Å². The molecule has 0 N–H and O–H groups in total. The van der Waals surface area contributed by atoms with Gasteiger partial charge in [0.1, 0.15) is 0 Å². The molecule has 0 saturated carbocycles. The zero-order valence-electron chi connectivity index (χ0n) is 10.1. The molecule has 2 heteroatoms. The molecule has 0 rings (SSSR count). The topological polar surface area (TPSA) is 3.24 Å². The molecule has 0 aliphatic rings. The Kier molecular flexibility index (Phi) is 11.1. The third-order valence-electron chi connectivity index (χ3n) is 2.60. The minimum atomic E-state index is 1.08. The molecule has 2 radical (unpaired) electrons. The Morgan fingerprint density at radius 1 is 0.714 bits per heavy atom. The summed E-state index contributed by atoms with van der Waals surface area (Å²) in [5, 5.41) is 0. The predicted octanol–water partition coefficient (Wildman–Crippen LogP) is 3.53. The maximum Gasteiger partial charge on any atom is 0.182 e. The van der Waals surface area contributed by atoms with E-state index < -0.39 is 0 Å². The van der Waals surface area contributed by atoms with Crippen molar-refractivity contribution in [2.75, 3.05) is 13.1 Å². The van der Waals surface area contributed by atoms with E-state index >= 15 is 0 Å². The van der Waals surface area contributed by atoms with Crippen LogP contribution in [-0.2, 0) is 0 Å². The van der Waals surface area contributed by atoms with Gasteiger partial charge in [-0.15, -0.1) is 0 Å². The number of rotatable bonds is 10. The van der Waals surface area contributed by atoms with Crippen LogP contribution in [0.25, 0.3) is 0 Å². The summed E-state index contributed by atoms with van der Waals surface area (Å²) in [4.78, 5) is 1.99. The van der Waals surface area contributed by atoms with Crippen LogP contribution in [0.2, 0.25) is 0 Å². The first-order valence-corrected chi connectivity index (χ1v) is 6.30. The van der Waals surface area contributed by atoms with E-state index in [-0.39, 0.29) is 0 Å². The van der Waals surface area contributed by atoms with Crippen molar-refractivity contribution < 1.29 is 0 Å². The summed E-state index contributed by atoms with van der Waals surface area (Å²) in [6.45, 7) is 6.63. The standard InChI is InChI=1S/C12H26BN/c1-3-5-7-9-11-14(13)12-10-8-6-4-2/h3-12H2,1-2H3. The highest BCUT2D eigenvalue weighted by Crippen LogP contribution is 2.02. The van der Waals surface area contributed by atoms with Crippen LogP contribution in [-0.4, -0.2) is 25.9 Å². The van der Waals surface area contributed by atoms with Crippen LogP contribution >= 0.6 is 0 Å². The van der Waals surface area contributed by atoms with Gasteiger partial charge in [-0.05, 0) is 25.9 Å². The zero-order chi connectivity index (χ0) is 10.6. The van der Waals surface area contributed by atoms with Gasteiger partial charge < -0.3 is 4.81 Å². The molecular weight excluding hydrogens is 169 g/mol. The predicted molar refractivity (Wildman–Crippen MR) is 65.6 cm³/mol. The molecule has 82 valence electrons. The van der Waals surface area contributed by atoms with Gasteiger partial charge in [0.2, 0.25) is 0 Å². The van der Waals surface area contributed by atoms with Gasteiger partial charge in [0, 0.05) is 0 Å². The molecule has 0 unspecified atom stereocenters. The van der Waals surface area contributed by atoms with Crippen molar-refractivity contribution in [2.45, 2.75) is 65.2 Å².